The first-order valence-electron chi connectivity index (χ1n) is 8.56. The molecule has 0 aromatic heterocycles. The van der Waals surface area contributed by atoms with Crippen LogP contribution in [0.3, 0.4) is 0 Å². The number of amides is 1. The first-order valence-corrected chi connectivity index (χ1v) is 10.8. The van der Waals surface area contributed by atoms with Crippen molar-refractivity contribution in [1.29, 1.82) is 0 Å². The monoisotopic (exact) mass is 408 g/mol. The lowest BCUT2D eigenvalue weighted by Crippen LogP contribution is -2.48. The van der Waals surface area contributed by atoms with E-state index in [4.69, 9.17) is 11.6 Å². The Labute approximate surface area is 166 Å². The predicted octanol–water partition coefficient (Wildman–Crippen LogP) is 3.77. The summed E-state index contributed by atoms with van der Waals surface area (Å²) in [5.74, 6) is -0.283. The molecule has 2 rings (SSSR count). The Morgan fingerprint density at radius 2 is 1.59 bits per heavy atom. The topological polar surface area (TPSA) is 57.7 Å². The smallest absolute Gasteiger partial charge is 0.246 e. The quantitative estimate of drug-likeness (QED) is 0.731. The predicted molar refractivity (Wildman–Crippen MR) is 111 cm³/mol. The second-order valence-electron chi connectivity index (χ2n) is 6.90. The van der Waals surface area contributed by atoms with Crippen LogP contribution in [0.4, 0.5) is 5.69 Å². The highest BCUT2D eigenvalue weighted by Gasteiger charge is 2.31. The molecule has 146 valence electrons. The van der Waals surface area contributed by atoms with Gasteiger partial charge in [0.1, 0.15) is 6.04 Å². The summed E-state index contributed by atoms with van der Waals surface area (Å²) in [6, 6.07) is 11.9. The molecule has 27 heavy (non-hydrogen) atoms. The molecule has 7 heteroatoms. The highest BCUT2D eigenvalue weighted by molar-refractivity contribution is 7.92. The number of hydrogen-bond donors (Lipinski definition) is 0. The second kappa shape index (κ2) is 8.31. The number of rotatable bonds is 6. The van der Waals surface area contributed by atoms with Crippen molar-refractivity contribution in [3.63, 3.8) is 0 Å². The van der Waals surface area contributed by atoms with Gasteiger partial charge in [0.25, 0.3) is 0 Å². The molecule has 1 amide bonds. The average Bonchev–Trinajstić information content (AvgIpc) is 2.54. The number of anilines is 1. The van der Waals surface area contributed by atoms with Crippen LogP contribution >= 0.6 is 11.6 Å². The zero-order chi connectivity index (χ0) is 20.4. The number of aryl methyl sites for hydroxylation is 2. The van der Waals surface area contributed by atoms with Crippen LogP contribution in [0.1, 0.15) is 23.6 Å². The molecule has 2 aromatic rings. The van der Waals surface area contributed by atoms with E-state index in [0.717, 1.165) is 22.9 Å². The van der Waals surface area contributed by atoms with Crippen molar-refractivity contribution in [3.05, 3.63) is 64.2 Å². The van der Waals surface area contributed by atoms with Crippen molar-refractivity contribution < 1.29 is 13.2 Å². The Balaban J connectivity index is 2.30. The van der Waals surface area contributed by atoms with Gasteiger partial charge in [0.2, 0.25) is 15.9 Å². The van der Waals surface area contributed by atoms with Gasteiger partial charge in [0.05, 0.1) is 11.9 Å². The molecule has 0 aliphatic carbocycles. The molecule has 5 nitrogen and oxygen atoms in total. The van der Waals surface area contributed by atoms with E-state index >= 15 is 0 Å². The van der Waals surface area contributed by atoms with Crippen LogP contribution in [0.5, 0.6) is 0 Å². The summed E-state index contributed by atoms with van der Waals surface area (Å²) in [5, 5.41) is 0.624. The van der Waals surface area contributed by atoms with Gasteiger partial charge in [-0.15, -0.1) is 0 Å². The Morgan fingerprint density at radius 1 is 1.07 bits per heavy atom. The van der Waals surface area contributed by atoms with Crippen molar-refractivity contribution in [2.45, 2.75) is 33.4 Å². The number of halogens is 1. The molecule has 1 atom stereocenters. The van der Waals surface area contributed by atoms with E-state index in [1.807, 2.05) is 32.0 Å². The minimum atomic E-state index is -3.64. The van der Waals surface area contributed by atoms with Crippen LogP contribution < -0.4 is 4.31 Å². The van der Waals surface area contributed by atoms with Gasteiger partial charge in [-0.2, -0.15) is 0 Å². The number of carbonyl (C=O) groups excluding carboxylic acids is 1. The Hall–Kier alpha value is -2.05. The minimum absolute atomic E-state index is 0.283. The molecular formula is C20H25ClN2O3S. The highest BCUT2D eigenvalue weighted by Crippen LogP contribution is 2.24. The summed E-state index contributed by atoms with van der Waals surface area (Å²) < 4.78 is 26.1. The molecule has 0 spiro atoms. The Morgan fingerprint density at radius 3 is 2.07 bits per heavy atom. The standard InChI is InChI=1S/C20H25ClN2O3S/c1-14-10-15(2)12-19(11-14)23(27(5,25)26)16(3)20(24)22(4)13-17-6-8-18(21)9-7-17/h6-12,16H,13H2,1-5H3. The maximum Gasteiger partial charge on any atom is 0.246 e. The van der Waals surface area contributed by atoms with Crippen molar-refractivity contribution in [2.24, 2.45) is 0 Å². The normalized spacial score (nSPS) is 12.5. The van der Waals surface area contributed by atoms with E-state index in [9.17, 15) is 13.2 Å². The van der Waals surface area contributed by atoms with Crippen LogP contribution in [-0.2, 0) is 21.4 Å². The largest absolute Gasteiger partial charge is 0.340 e. The number of likely N-dealkylation sites (N-methyl/N-ethyl adjacent to an activating group) is 1. The van der Waals surface area contributed by atoms with Crippen molar-refractivity contribution in [3.8, 4) is 0 Å². The second-order valence-corrected chi connectivity index (χ2v) is 9.20. The van der Waals surface area contributed by atoms with Gasteiger partial charge in [-0.05, 0) is 61.7 Å². The van der Waals surface area contributed by atoms with Gasteiger partial charge in [-0.1, -0.05) is 29.8 Å². The molecule has 0 aliphatic heterocycles. The number of benzene rings is 2. The summed E-state index contributed by atoms with van der Waals surface area (Å²) in [4.78, 5) is 14.5. The van der Waals surface area contributed by atoms with Crippen LogP contribution in [-0.4, -0.2) is 38.6 Å². The fourth-order valence-electron chi connectivity index (χ4n) is 3.14. The van der Waals surface area contributed by atoms with Crippen molar-refractivity contribution in [2.75, 3.05) is 17.6 Å². The van der Waals surface area contributed by atoms with Gasteiger partial charge in [0.15, 0.2) is 0 Å². The zero-order valence-corrected chi connectivity index (χ0v) is 17.8. The summed E-state index contributed by atoms with van der Waals surface area (Å²) >= 11 is 5.89. The van der Waals surface area contributed by atoms with Gasteiger partial charge < -0.3 is 4.90 Å². The summed E-state index contributed by atoms with van der Waals surface area (Å²) in [6.45, 7) is 5.77. The molecular weight excluding hydrogens is 384 g/mol. The maximum atomic E-state index is 12.9. The summed E-state index contributed by atoms with van der Waals surface area (Å²) in [6.07, 6.45) is 1.12. The fourth-order valence-corrected chi connectivity index (χ4v) is 4.42. The lowest BCUT2D eigenvalue weighted by atomic mass is 10.1. The molecule has 0 saturated carbocycles. The summed E-state index contributed by atoms with van der Waals surface area (Å²) in [5.41, 5.74) is 3.29. The van der Waals surface area contributed by atoms with Gasteiger partial charge in [-0.25, -0.2) is 8.42 Å². The van der Waals surface area contributed by atoms with Crippen molar-refractivity contribution >= 4 is 33.2 Å². The van der Waals surface area contributed by atoms with Gasteiger partial charge in [-0.3, -0.25) is 9.10 Å². The number of sulfonamides is 1. The van der Waals surface area contributed by atoms with E-state index in [2.05, 4.69) is 0 Å². The Bertz CT molecular complexity index is 906. The highest BCUT2D eigenvalue weighted by atomic mass is 35.5. The third-order valence-corrected chi connectivity index (χ3v) is 5.73. The first kappa shape index (κ1) is 21.3. The molecule has 0 N–H and O–H groups in total. The zero-order valence-electron chi connectivity index (χ0n) is 16.2. The van der Waals surface area contributed by atoms with E-state index in [-0.39, 0.29) is 5.91 Å². The first-order chi connectivity index (χ1) is 12.5. The third kappa shape index (κ3) is 5.47. The maximum absolute atomic E-state index is 12.9. The van der Waals surface area contributed by atoms with E-state index < -0.39 is 16.1 Å². The molecule has 0 radical (unpaired) electrons. The average molecular weight is 409 g/mol. The lowest BCUT2D eigenvalue weighted by molar-refractivity contribution is -0.131. The van der Waals surface area contributed by atoms with Crippen LogP contribution in [0, 0.1) is 13.8 Å². The molecule has 1 unspecified atom stereocenters. The third-order valence-electron chi connectivity index (χ3n) is 4.24. The van der Waals surface area contributed by atoms with Crippen LogP contribution in [0.25, 0.3) is 0 Å². The molecule has 0 saturated heterocycles. The van der Waals surface area contributed by atoms with Crippen molar-refractivity contribution in [1.82, 2.24) is 4.90 Å². The molecule has 0 aliphatic rings. The fraction of sp³-hybridized carbons (Fsp3) is 0.350. The van der Waals surface area contributed by atoms with Gasteiger partial charge in [0, 0.05) is 18.6 Å². The lowest BCUT2D eigenvalue weighted by Gasteiger charge is -2.31. The number of hydrogen-bond acceptors (Lipinski definition) is 3. The molecule has 0 bridgehead atoms. The minimum Gasteiger partial charge on any atom is -0.340 e. The SMILES string of the molecule is Cc1cc(C)cc(N(C(C)C(=O)N(C)Cc2ccc(Cl)cc2)S(C)(=O)=O)c1. The van der Waals surface area contributed by atoms with Crippen LogP contribution in [0.2, 0.25) is 5.02 Å². The summed E-state index contributed by atoms with van der Waals surface area (Å²) in [7, 11) is -1.98. The van der Waals surface area contributed by atoms with Gasteiger partial charge >= 0.3 is 0 Å². The number of carbonyl (C=O) groups is 1. The van der Waals surface area contributed by atoms with E-state index in [0.29, 0.717) is 17.3 Å². The molecule has 0 fully saturated rings. The van der Waals surface area contributed by atoms with E-state index in [1.165, 1.54) is 9.21 Å². The molecule has 2 aromatic carbocycles. The van der Waals surface area contributed by atoms with E-state index in [1.54, 1.807) is 38.2 Å². The van der Waals surface area contributed by atoms with Crippen LogP contribution in [0.15, 0.2) is 42.5 Å². The Kier molecular flexibility index (Phi) is 6.54. The number of nitrogens with zero attached hydrogens (tertiary/aromatic N) is 2. The molecule has 0 heterocycles.